The molecule has 0 saturated carbocycles. The first-order valence-electron chi connectivity index (χ1n) is 19.0. The van der Waals surface area contributed by atoms with Crippen molar-refractivity contribution in [3.63, 3.8) is 0 Å². The summed E-state index contributed by atoms with van der Waals surface area (Å²) < 4.78 is 8.65. The quantitative estimate of drug-likeness (QED) is 0.0840. The van der Waals surface area contributed by atoms with Crippen molar-refractivity contribution in [1.82, 2.24) is 0 Å². The molecule has 0 radical (unpaired) electrons. The van der Waals surface area contributed by atoms with E-state index in [2.05, 4.69) is 129 Å². The molecule has 4 aromatic carbocycles. The number of ether oxygens (including phenoxy) is 1. The highest BCUT2D eigenvalue weighted by atomic mass is 32.2. The summed E-state index contributed by atoms with van der Waals surface area (Å²) >= 11 is 1.54. The number of hydrogen-bond acceptors (Lipinski definition) is 5. The van der Waals surface area contributed by atoms with Crippen LogP contribution in [0.25, 0.3) is 6.08 Å². The first kappa shape index (κ1) is 37.9. The molecule has 2 heterocycles. The number of anilines is 1. The molecular weight excluding hydrogens is 697 g/mol. The van der Waals surface area contributed by atoms with E-state index in [1.54, 1.807) is 0 Å². The maximum Gasteiger partial charge on any atom is 0.210 e. The molecule has 5 nitrogen and oxygen atoms in total. The van der Waals surface area contributed by atoms with E-state index in [-0.39, 0.29) is 17.8 Å². The molecule has 55 heavy (non-hydrogen) atoms. The van der Waals surface area contributed by atoms with Crippen LogP contribution in [0.15, 0.2) is 131 Å². The van der Waals surface area contributed by atoms with Crippen molar-refractivity contribution in [2.75, 3.05) is 23.8 Å². The van der Waals surface area contributed by atoms with Crippen molar-refractivity contribution in [3.8, 4) is 18.1 Å². The van der Waals surface area contributed by atoms with Crippen LogP contribution in [-0.4, -0.2) is 40.1 Å². The van der Waals surface area contributed by atoms with E-state index in [0.29, 0.717) is 36.6 Å². The average molecular weight is 746 g/mol. The van der Waals surface area contributed by atoms with Crippen LogP contribution in [0.4, 0.5) is 11.4 Å². The molecule has 0 spiro atoms. The van der Waals surface area contributed by atoms with E-state index in [0.717, 1.165) is 62.1 Å². The molecule has 4 aromatic rings. The number of β-amino-alcohol motifs (C(OH)–C–C–N with tert-alkyl or cyclic N) is 1. The zero-order chi connectivity index (χ0) is 38.9. The predicted octanol–water partition coefficient (Wildman–Crippen LogP) is 9.85. The number of aryl methyl sites for hydroxylation is 1. The predicted molar refractivity (Wildman–Crippen MR) is 228 cm³/mol. The lowest BCUT2D eigenvalue weighted by Crippen LogP contribution is -2.32. The lowest BCUT2D eigenvalue weighted by Gasteiger charge is -2.30. The Kier molecular flexibility index (Phi) is 10.6. The molecule has 2 aliphatic heterocycles. The number of ketones is 1. The Morgan fingerprint density at radius 1 is 0.909 bits per heavy atom. The minimum atomic E-state index is -0.449. The van der Waals surface area contributed by atoms with Gasteiger partial charge in [-0.2, -0.15) is 4.58 Å². The van der Waals surface area contributed by atoms with Gasteiger partial charge in [0.15, 0.2) is 18.0 Å². The largest absolute Gasteiger partial charge is 0.489 e. The van der Waals surface area contributed by atoms with Crippen LogP contribution in [-0.2, 0) is 35.2 Å². The Morgan fingerprint density at radius 3 is 2.35 bits per heavy atom. The summed E-state index contributed by atoms with van der Waals surface area (Å²) in [5.74, 6) is 4.02. The van der Waals surface area contributed by atoms with Crippen LogP contribution < -0.4 is 9.64 Å². The lowest BCUT2D eigenvalue weighted by atomic mass is 9.78. The zero-order valence-corrected chi connectivity index (χ0v) is 33.3. The highest BCUT2D eigenvalue weighted by Crippen LogP contribution is 2.51. The van der Waals surface area contributed by atoms with Crippen LogP contribution in [0, 0.1) is 12.3 Å². The summed E-state index contributed by atoms with van der Waals surface area (Å²) in [6.07, 6.45) is 12.8. The second-order valence-electron chi connectivity index (χ2n) is 15.4. The number of rotatable bonds is 13. The number of fused-ring (bicyclic) bond motifs is 2. The van der Waals surface area contributed by atoms with Gasteiger partial charge in [0.1, 0.15) is 12.4 Å². The van der Waals surface area contributed by atoms with Crippen LogP contribution in [0.2, 0.25) is 0 Å². The molecule has 3 aliphatic rings. The highest BCUT2D eigenvalue weighted by molar-refractivity contribution is 8.03. The summed E-state index contributed by atoms with van der Waals surface area (Å²) in [5.41, 5.74) is 11.7. The molecule has 0 fully saturated rings. The molecule has 0 aromatic heterocycles. The van der Waals surface area contributed by atoms with Gasteiger partial charge >= 0.3 is 0 Å². The smallest absolute Gasteiger partial charge is 0.210 e. The summed E-state index contributed by atoms with van der Waals surface area (Å²) in [7, 11) is 0. The van der Waals surface area contributed by atoms with Gasteiger partial charge in [-0.3, -0.25) is 4.79 Å². The number of benzene rings is 4. The Bertz CT molecular complexity index is 2340. The maximum atomic E-state index is 14.5. The number of nitrogens with zero attached hydrogens (tertiary/aromatic N) is 2. The Morgan fingerprint density at radius 2 is 1.65 bits per heavy atom. The molecule has 0 saturated heterocycles. The summed E-state index contributed by atoms with van der Waals surface area (Å²) in [6, 6.07) is 31.5. The fraction of sp³-hybridized carbons (Fsp3) is 0.265. The number of aliphatic hydroxyl groups is 1. The van der Waals surface area contributed by atoms with E-state index in [9.17, 15) is 9.90 Å². The SMILES string of the molecule is C#CCSC1=C(/C=C2\N(CCO)c3ccc(CC)cc3C2(C)C)C(=O)/C1=C/C1=[N+](Cc2ccc(C=C)cc2)c2ccc(OCc3ccccc3)cc2C1(C)C. The number of carbonyl (C=O) groups is 1. The molecule has 1 N–H and O–H groups in total. The number of thioether (sulfide) groups is 1. The second-order valence-corrected chi connectivity index (χ2v) is 16.3. The molecule has 0 atom stereocenters. The number of carbonyl (C=O) groups excluding carboxylic acids is 1. The van der Waals surface area contributed by atoms with E-state index in [1.165, 1.54) is 22.9 Å². The molecule has 0 amide bonds. The standard InChI is InChI=1S/C49H49N2O3S/c1-8-26-55-47-38(29-44-48(4,5)40-27-34(10-3)20-22-42(40)50(44)24-25-52)46(53)39(47)30-45-49(6,7)41-28-37(54-32-36-14-12-11-13-15-36)21-23-43(41)51(45)31-35-18-16-33(9-2)17-19-35/h1,9,11-23,27-30,52H,2,10,24-26,31-32H2,3-7H3/q+1. The van der Waals surface area contributed by atoms with E-state index >= 15 is 0 Å². The van der Waals surface area contributed by atoms with Gasteiger partial charge in [-0.25, -0.2) is 0 Å². The van der Waals surface area contributed by atoms with Gasteiger partial charge in [0.2, 0.25) is 5.69 Å². The van der Waals surface area contributed by atoms with Crippen LogP contribution >= 0.6 is 11.8 Å². The van der Waals surface area contributed by atoms with Gasteiger partial charge in [0, 0.05) is 62.7 Å². The lowest BCUT2D eigenvalue weighted by molar-refractivity contribution is -0.455. The minimum Gasteiger partial charge on any atom is -0.489 e. The minimum absolute atomic E-state index is 0.00148. The van der Waals surface area contributed by atoms with Crippen molar-refractivity contribution in [2.45, 2.75) is 65.0 Å². The number of allylic oxidation sites excluding steroid dienone is 5. The molecule has 0 bridgehead atoms. The van der Waals surface area contributed by atoms with Gasteiger partial charge in [0.05, 0.1) is 17.8 Å². The van der Waals surface area contributed by atoms with Crippen molar-refractivity contribution in [1.29, 1.82) is 0 Å². The Hall–Kier alpha value is -5.35. The Balaban J connectivity index is 1.32. The van der Waals surface area contributed by atoms with Gasteiger partial charge in [-0.1, -0.05) is 106 Å². The summed E-state index contributed by atoms with van der Waals surface area (Å²) in [5, 5.41) is 10.1. The fourth-order valence-corrected chi connectivity index (χ4v) is 8.88. The number of hydrogen-bond donors (Lipinski definition) is 1. The zero-order valence-electron chi connectivity index (χ0n) is 32.5. The molecule has 0 unspecified atom stereocenters. The maximum absolute atomic E-state index is 14.5. The van der Waals surface area contributed by atoms with Crippen LogP contribution in [0.3, 0.4) is 0 Å². The second kappa shape index (κ2) is 15.4. The first-order chi connectivity index (χ1) is 26.5. The van der Waals surface area contributed by atoms with Crippen molar-refractivity contribution in [2.24, 2.45) is 0 Å². The third kappa shape index (κ3) is 7.04. The number of Topliss-reactive ketones (excluding diaryl/α,β-unsaturated/α-hetero) is 1. The van der Waals surface area contributed by atoms with Crippen LogP contribution in [0.1, 0.15) is 68.0 Å². The average Bonchev–Trinajstić information content (AvgIpc) is 3.53. The van der Waals surface area contributed by atoms with Gasteiger partial charge in [-0.05, 0) is 66.8 Å². The van der Waals surface area contributed by atoms with Crippen molar-refractivity contribution < 1.29 is 19.2 Å². The third-order valence-corrected chi connectivity index (χ3v) is 12.2. The molecular formula is C49H49N2O3S+. The van der Waals surface area contributed by atoms with Crippen molar-refractivity contribution in [3.05, 3.63) is 165 Å². The van der Waals surface area contributed by atoms with Gasteiger partial charge in [0.25, 0.3) is 0 Å². The van der Waals surface area contributed by atoms with Gasteiger partial charge in [-0.15, -0.1) is 18.2 Å². The highest BCUT2D eigenvalue weighted by Gasteiger charge is 2.47. The number of terminal acetylenes is 1. The van der Waals surface area contributed by atoms with Crippen molar-refractivity contribution >= 4 is 40.7 Å². The van der Waals surface area contributed by atoms with E-state index in [4.69, 9.17) is 11.2 Å². The molecule has 1 aliphatic carbocycles. The molecule has 7 rings (SSSR count). The summed E-state index contributed by atoms with van der Waals surface area (Å²) in [4.78, 5) is 17.6. The number of aliphatic hydroxyl groups excluding tert-OH is 1. The topological polar surface area (TPSA) is 52.8 Å². The van der Waals surface area contributed by atoms with Crippen LogP contribution in [0.5, 0.6) is 5.75 Å². The first-order valence-corrected chi connectivity index (χ1v) is 20.0. The monoisotopic (exact) mass is 745 g/mol. The fourth-order valence-electron chi connectivity index (χ4n) is 8.04. The molecule has 278 valence electrons. The molecule has 6 heteroatoms. The third-order valence-electron chi connectivity index (χ3n) is 11.2. The normalized spacial score (nSPS) is 18.1. The Labute approximate surface area is 330 Å². The van der Waals surface area contributed by atoms with E-state index in [1.807, 2.05) is 36.4 Å². The van der Waals surface area contributed by atoms with Gasteiger partial charge < -0.3 is 14.7 Å². The summed E-state index contributed by atoms with van der Waals surface area (Å²) in [6.45, 7) is 16.5. The van der Waals surface area contributed by atoms with E-state index < -0.39 is 5.41 Å².